The van der Waals surface area contributed by atoms with Gasteiger partial charge in [0.1, 0.15) is 0 Å². The lowest BCUT2D eigenvalue weighted by atomic mass is 9.89. The maximum Gasteiger partial charge on any atom is 0.207 e. The van der Waals surface area contributed by atoms with Crippen molar-refractivity contribution in [2.45, 2.75) is 26.2 Å². The minimum Gasteiger partial charge on any atom is -0.378 e. The summed E-state index contributed by atoms with van der Waals surface area (Å²) in [5.74, 6) is 1.63. The fourth-order valence-electron chi connectivity index (χ4n) is 2.23. The van der Waals surface area contributed by atoms with Gasteiger partial charge in [-0.1, -0.05) is 6.08 Å². The molecule has 2 aliphatic rings. The highest BCUT2D eigenvalue weighted by atomic mass is 32.2. The van der Waals surface area contributed by atoms with Crippen LogP contribution in [0.2, 0.25) is 0 Å². The van der Waals surface area contributed by atoms with Crippen LogP contribution in [0.4, 0.5) is 0 Å². The van der Waals surface area contributed by atoms with Crippen LogP contribution in [0.1, 0.15) is 26.2 Å². The molecular weight excluding hydrogens is 220 g/mol. The molecule has 1 heterocycles. The number of rotatable bonds is 4. The molecule has 1 aliphatic carbocycles. The second-order valence-corrected chi connectivity index (χ2v) is 5.30. The molecule has 88 valence electrons. The number of nitrogens with one attached hydrogen (secondary N) is 2. The first-order valence-electron chi connectivity index (χ1n) is 5.75. The highest BCUT2D eigenvalue weighted by Gasteiger charge is 2.20. The first-order valence-corrected chi connectivity index (χ1v) is 6.74. The normalized spacial score (nSPS) is 25.1. The van der Waals surface area contributed by atoms with Crippen molar-refractivity contribution in [2.75, 3.05) is 12.4 Å². The summed E-state index contributed by atoms with van der Waals surface area (Å²) in [6.07, 6.45) is 6.56. The van der Waals surface area contributed by atoms with E-state index < -0.39 is 0 Å². The van der Waals surface area contributed by atoms with Crippen molar-refractivity contribution in [3.63, 3.8) is 0 Å². The molecule has 0 fully saturated rings. The fraction of sp³-hybridized carbons (Fsp3) is 0.583. The predicted molar refractivity (Wildman–Crippen MR) is 67.8 cm³/mol. The summed E-state index contributed by atoms with van der Waals surface area (Å²) in [5, 5.41) is 6.13. The molecule has 0 aromatic heterocycles. The Kier molecular flexibility index (Phi) is 3.93. The Bertz CT molecular complexity index is 336. The average Bonchev–Trinajstić information content (AvgIpc) is 2.74. The van der Waals surface area contributed by atoms with Crippen LogP contribution in [-0.2, 0) is 4.79 Å². The molecule has 0 spiro atoms. The molecule has 0 radical (unpaired) electrons. The van der Waals surface area contributed by atoms with Gasteiger partial charge in [-0.25, -0.2) is 0 Å². The molecule has 3 nitrogen and oxygen atoms in total. The van der Waals surface area contributed by atoms with E-state index in [0.717, 1.165) is 31.7 Å². The summed E-state index contributed by atoms with van der Waals surface area (Å²) in [6.45, 7) is 2.97. The van der Waals surface area contributed by atoms with Crippen molar-refractivity contribution in [1.29, 1.82) is 0 Å². The van der Waals surface area contributed by atoms with Gasteiger partial charge in [0.15, 0.2) is 0 Å². The van der Waals surface area contributed by atoms with E-state index in [2.05, 4.69) is 23.6 Å². The van der Waals surface area contributed by atoms with Crippen molar-refractivity contribution in [1.82, 2.24) is 10.6 Å². The maximum absolute atomic E-state index is 10.2. The lowest BCUT2D eigenvalue weighted by molar-refractivity contribution is -0.109. The molecule has 1 atom stereocenters. The van der Waals surface area contributed by atoms with Gasteiger partial charge in [-0.2, -0.15) is 0 Å². The molecule has 0 saturated carbocycles. The zero-order chi connectivity index (χ0) is 11.4. The molecule has 0 saturated heterocycles. The number of amides is 1. The van der Waals surface area contributed by atoms with Gasteiger partial charge in [-0.3, -0.25) is 4.79 Å². The topological polar surface area (TPSA) is 41.1 Å². The van der Waals surface area contributed by atoms with Crippen molar-refractivity contribution < 1.29 is 4.79 Å². The van der Waals surface area contributed by atoms with Gasteiger partial charge in [0.05, 0.1) is 5.88 Å². The molecular formula is C12H18N2OS. The molecule has 2 N–H and O–H groups in total. The molecule has 1 aliphatic heterocycles. The van der Waals surface area contributed by atoms with E-state index >= 15 is 0 Å². The van der Waals surface area contributed by atoms with Gasteiger partial charge in [0.2, 0.25) is 6.41 Å². The summed E-state index contributed by atoms with van der Waals surface area (Å²) in [5.41, 5.74) is 2.82. The number of carbonyl (C=O) groups excluding carboxylic acids is 1. The summed E-state index contributed by atoms with van der Waals surface area (Å²) in [4.78, 5) is 11.7. The van der Waals surface area contributed by atoms with Crippen LogP contribution in [0.3, 0.4) is 0 Å². The Morgan fingerprint density at radius 3 is 3.12 bits per heavy atom. The third kappa shape index (κ3) is 2.61. The van der Waals surface area contributed by atoms with E-state index in [4.69, 9.17) is 0 Å². The minimum atomic E-state index is 0.620. The van der Waals surface area contributed by atoms with E-state index in [0.29, 0.717) is 5.92 Å². The molecule has 16 heavy (non-hydrogen) atoms. The summed E-state index contributed by atoms with van der Waals surface area (Å²) in [6, 6.07) is 0. The third-order valence-corrected chi connectivity index (χ3v) is 4.34. The molecule has 0 aromatic rings. The highest BCUT2D eigenvalue weighted by molar-refractivity contribution is 8.03. The number of allylic oxidation sites excluding steroid dienone is 3. The SMILES string of the molecule is CC1=C(C2=CCC(CNC=O)CC2)SCN1. The average molecular weight is 238 g/mol. The minimum absolute atomic E-state index is 0.620. The smallest absolute Gasteiger partial charge is 0.207 e. The standard InChI is InChI=1S/C12H18N2OS/c1-9-12(16-8-14-9)11-4-2-10(3-5-11)6-13-7-15/h4,7,10,14H,2-3,5-6,8H2,1H3,(H,13,15). The quantitative estimate of drug-likeness (QED) is 0.736. The Hall–Kier alpha value is -0.900. The number of hydrogen-bond donors (Lipinski definition) is 2. The second-order valence-electron chi connectivity index (χ2n) is 4.32. The van der Waals surface area contributed by atoms with Crippen molar-refractivity contribution in [3.8, 4) is 0 Å². The molecule has 1 amide bonds. The highest BCUT2D eigenvalue weighted by Crippen LogP contribution is 2.37. The van der Waals surface area contributed by atoms with Gasteiger partial charge in [-0.15, -0.1) is 11.8 Å². The van der Waals surface area contributed by atoms with Gasteiger partial charge in [0.25, 0.3) is 0 Å². The van der Waals surface area contributed by atoms with Crippen LogP contribution >= 0.6 is 11.8 Å². The predicted octanol–water partition coefficient (Wildman–Crippen LogP) is 1.98. The maximum atomic E-state index is 10.2. The van der Waals surface area contributed by atoms with Crippen molar-refractivity contribution >= 4 is 18.2 Å². The Morgan fingerprint density at radius 2 is 2.56 bits per heavy atom. The van der Waals surface area contributed by atoms with E-state index in [1.165, 1.54) is 22.6 Å². The lowest BCUT2D eigenvalue weighted by Crippen LogP contribution is -2.22. The van der Waals surface area contributed by atoms with E-state index in [-0.39, 0.29) is 0 Å². The van der Waals surface area contributed by atoms with Crippen molar-refractivity contribution in [2.24, 2.45) is 5.92 Å². The van der Waals surface area contributed by atoms with E-state index in [1.807, 2.05) is 11.8 Å². The molecule has 4 heteroatoms. The number of hydrogen-bond acceptors (Lipinski definition) is 3. The monoisotopic (exact) mass is 238 g/mol. The fourth-order valence-corrected chi connectivity index (χ4v) is 3.33. The van der Waals surface area contributed by atoms with Gasteiger partial charge in [0, 0.05) is 17.1 Å². The zero-order valence-corrected chi connectivity index (χ0v) is 10.4. The van der Waals surface area contributed by atoms with Crippen LogP contribution in [-0.4, -0.2) is 18.8 Å². The van der Waals surface area contributed by atoms with Crippen LogP contribution < -0.4 is 10.6 Å². The van der Waals surface area contributed by atoms with Crippen LogP contribution in [0.15, 0.2) is 22.3 Å². The van der Waals surface area contributed by atoms with E-state index in [9.17, 15) is 4.79 Å². The molecule has 1 unspecified atom stereocenters. The molecule has 0 bridgehead atoms. The number of thioether (sulfide) groups is 1. The van der Waals surface area contributed by atoms with Crippen LogP contribution in [0.5, 0.6) is 0 Å². The summed E-state index contributed by atoms with van der Waals surface area (Å²) < 4.78 is 0. The largest absolute Gasteiger partial charge is 0.378 e. The molecule has 0 aromatic carbocycles. The Labute approximate surface area is 101 Å². The first-order chi connectivity index (χ1) is 7.81. The zero-order valence-electron chi connectivity index (χ0n) is 9.58. The summed E-state index contributed by atoms with van der Waals surface area (Å²) >= 11 is 1.90. The number of carbonyl (C=O) groups is 1. The molecule has 2 rings (SSSR count). The van der Waals surface area contributed by atoms with Crippen LogP contribution in [0, 0.1) is 5.92 Å². The van der Waals surface area contributed by atoms with Gasteiger partial charge in [-0.05, 0) is 37.7 Å². The van der Waals surface area contributed by atoms with Crippen molar-refractivity contribution in [3.05, 3.63) is 22.3 Å². The first kappa shape index (κ1) is 11.6. The van der Waals surface area contributed by atoms with Gasteiger partial charge >= 0.3 is 0 Å². The summed E-state index contributed by atoms with van der Waals surface area (Å²) in [7, 11) is 0. The second kappa shape index (κ2) is 5.43. The van der Waals surface area contributed by atoms with E-state index in [1.54, 1.807) is 0 Å². The lowest BCUT2D eigenvalue weighted by Gasteiger charge is -2.22. The van der Waals surface area contributed by atoms with Crippen LogP contribution in [0.25, 0.3) is 0 Å². The Balaban J connectivity index is 1.93. The Morgan fingerprint density at radius 1 is 1.69 bits per heavy atom. The third-order valence-electron chi connectivity index (χ3n) is 3.20. The van der Waals surface area contributed by atoms with Gasteiger partial charge < -0.3 is 10.6 Å².